The molecule has 0 saturated carbocycles. The van der Waals surface area contributed by atoms with Crippen LogP contribution in [0.15, 0.2) is 34.8 Å². The molecule has 1 aromatic heterocycles. The fourth-order valence-electron chi connectivity index (χ4n) is 3.49. The lowest BCUT2D eigenvalue weighted by Crippen LogP contribution is -2.25. The third kappa shape index (κ3) is 5.88. The minimum atomic E-state index is -0.559. The zero-order chi connectivity index (χ0) is 22.1. The molecule has 6 heteroatoms. The number of rotatable bonds is 11. The zero-order valence-electron chi connectivity index (χ0n) is 18.6. The van der Waals surface area contributed by atoms with Gasteiger partial charge in [-0.05, 0) is 37.6 Å². The number of benzene rings is 1. The molecule has 0 aliphatic carbocycles. The molecule has 0 saturated heterocycles. The highest BCUT2D eigenvalue weighted by atomic mass is 16.6. The molecule has 0 bridgehead atoms. The second-order valence-electron chi connectivity index (χ2n) is 7.46. The Hall–Kier alpha value is -2.76. The van der Waals surface area contributed by atoms with E-state index in [1.165, 1.54) is 26.2 Å². The third-order valence-corrected chi connectivity index (χ3v) is 5.09. The first-order valence-corrected chi connectivity index (χ1v) is 10.9. The summed E-state index contributed by atoms with van der Waals surface area (Å²) >= 11 is 0. The average Bonchev–Trinajstić information content (AvgIpc) is 2.72. The number of aromatic nitrogens is 1. The number of fused-ring (bicyclic) bond motifs is 1. The summed E-state index contributed by atoms with van der Waals surface area (Å²) in [6.07, 6.45) is 9.15. The van der Waals surface area contributed by atoms with Crippen LogP contribution in [0.3, 0.4) is 0 Å². The molecule has 6 nitrogen and oxygen atoms in total. The van der Waals surface area contributed by atoms with Crippen molar-refractivity contribution in [2.75, 3.05) is 5.73 Å². The second kappa shape index (κ2) is 11.4. The first kappa shape index (κ1) is 23.5. The standard InChI is InChI=1S/C24H34N2O4/c1-5-8-9-10-11-12-15-26-21-16-18(25)13-14-20(21)22(30-19(6-2)7-3)23(24(26)28)29-17(4)27/h6,13-14,16H,5,7-12,15,25H2,1-4H3. The molecule has 1 heterocycles. The number of nitrogen functional groups attached to an aromatic ring is 1. The van der Waals surface area contributed by atoms with Crippen LogP contribution in [-0.2, 0) is 11.3 Å². The van der Waals surface area contributed by atoms with Gasteiger partial charge in [0.05, 0.1) is 11.3 Å². The summed E-state index contributed by atoms with van der Waals surface area (Å²) in [5.41, 5.74) is 6.89. The molecule has 164 valence electrons. The Morgan fingerprint density at radius 3 is 2.40 bits per heavy atom. The molecule has 0 radical (unpaired) electrons. The van der Waals surface area contributed by atoms with Crippen molar-refractivity contribution in [3.63, 3.8) is 0 Å². The van der Waals surface area contributed by atoms with Crippen LogP contribution in [0, 0.1) is 0 Å². The monoisotopic (exact) mass is 414 g/mol. The van der Waals surface area contributed by atoms with E-state index in [-0.39, 0.29) is 17.1 Å². The third-order valence-electron chi connectivity index (χ3n) is 5.09. The van der Waals surface area contributed by atoms with Gasteiger partial charge in [-0.3, -0.25) is 9.59 Å². The molecule has 0 spiro atoms. The number of aryl methyl sites for hydroxylation is 1. The van der Waals surface area contributed by atoms with Gasteiger partial charge < -0.3 is 19.8 Å². The van der Waals surface area contributed by atoms with Crippen molar-refractivity contribution in [3.8, 4) is 11.5 Å². The number of esters is 1. The Balaban J connectivity index is 2.55. The number of nitrogens with two attached hydrogens (primary N) is 1. The number of allylic oxidation sites excluding steroid dienone is 2. The highest BCUT2D eigenvalue weighted by Gasteiger charge is 2.22. The van der Waals surface area contributed by atoms with Gasteiger partial charge in [0.25, 0.3) is 5.56 Å². The van der Waals surface area contributed by atoms with E-state index in [1.807, 2.05) is 26.0 Å². The van der Waals surface area contributed by atoms with Gasteiger partial charge in [0.2, 0.25) is 5.75 Å². The van der Waals surface area contributed by atoms with Crippen molar-refractivity contribution in [1.29, 1.82) is 0 Å². The van der Waals surface area contributed by atoms with Gasteiger partial charge in [0.15, 0.2) is 5.75 Å². The average molecular weight is 415 g/mol. The van der Waals surface area contributed by atoms with Gasteiger partial charge in [-0.25, -0.2) is 0 Å². The molecule has 0 aliphatic rings. The quantitative estimate of drug-likeness (QED) is 0.225. The molecule has 30 heavy (non-hydrogen) atoms. The van der Waals surface area contributed by atoms with Crippen molar-refractivity contribution in [3.05, 3.63) is 40.4 Å². The van der Waals surface area contributed by atoms with Gasteiger partial charge in [0, 0.05) is 31.0 Å². The predicted molar refractivity (Wildman–Crippen MR) is 122 cm³/mol. The molecule has 1 aromatic carbocycles. The molecular formula is C24H34N2O4. The molecule has 0 fully saturated rings. The number of hydrogen-bond donors (Lipinski definition) is 1. The van der Waals surface area contributed by atoms with E-state index in [0.29, 0.717) is 35.3 Å². The van der Waals surface area contributed by atoms with Crippen molar-refractivity contribution >= 4 is 22.6 Å². The molecule has 2 aromatic rings. The number of anilines is 1. The van der Waals surface area contributed by atoms with Gasteiger partial charge in [-0.15, -0.1) is 0 Å². The maximum absolute atomic E-state index is 13.3. The Kier molecular flexibility index (Phi) is 8.96. The van der Waals surface area contributed by atoms with Gasteiger partial charge >= 0.3 is 5.97 Å². The topological polar surface area (TPSA) is 83.5 Å². The smallest absolute Gasteiger partial charge is 0.308 e. The lowest BCUT2D eigenvalue weighted by atomic mass is 10.1. The van der Waals surface area contributed by atoms with Gasteiger partial charge in [-0.1, -0.05) is 46.0 Å². The van der Waals surface area contributed by atoms with Crippen LogP contribution in [0.4, 0.5) is 5.69 Å². The van der Waals surface area contributed by atoms with E-state index in [4.69, 9.17) is 15.2 Å². The van der Waals surface area contributed by atoms with Gasteiger partial charge in [-0.2, -0.15) is 0 Å². The molecular weight excluding hydrogens is 380 g/mol. The molecule has 0 unspecified atom stereocenters. The maximum Gasteiger partial charge on any atom is 0.308 e. The Bertz CT molecular complexity index is 960. The minimum Gasteiger partial charge on any atom is -0.457 e. The molecule has 0 atom stereocenters. The van der Waals surface area contributed by atoms with E-state index in [1.54, 1.807) is 16.7 Å². The first-order chi connectivity index (χ1) is 14.4. The summed E-state index contributed by atoms with van der Waals surface area (Å²) in [6.45, 7) is 7.83. The lowest BCUT2D eigenvalue weighted by Gasteiger charge is -2.18. The van der Waals surface area contributed by atoms with E-state index >= 15 is 0 Å². The number of pyridine rings is 1. The Labute approximate surface area is 178 Å². The number of hydrogen-bond acceptors (Lipinski definition) is 5. The number of unbranched alkanes of at least 4 members (excludes halogenated alkanes) is 5. The Morgan fingerprint density at radius 1 is 1.07 bits per heavy atom. The molecule has 0 amide bonds. The van der Waals surface area contributed by atoms with E-state index < -0.39 is 5.97 Å². The summed E-state index contributed by atoms with van der Waals surface area (Å²) in [5.74, 6) is 0.323. The highest BCUT2D eigenvalue weighted by Crippen LogP contribution is 2.35. The van der Waals surface area contributed by atoms with Crippen LogP contribution < -0.4 is 20.8 Å². The number of nitrogens with zero attached hydrogens (tertiary/aromatic N) is 1. The predicted octanol–water partition coefficient (Wildman–Crippen LogP) is 5.56. The summed E-state index contributed by atoms with van der Waals surface area (Å²) in [7, 11) is 0. The summed E-state index contributed by atoms with van der Waals surface area (Å²) < 4.78 is 13.0. The largest absolute Gasteiger partial charge is 0.457 e. The second-order valence-corrected chi connectivity index (χ2v) is 7.46. The summed E-state index contributed by atoms with van der Waals surface area (Å²) in [4.78, 5) is 25.1. The van der Waals surface area contributed by atoms with Crippen molar-refractivity contribution in [1.82, 2.24) is 4.57 Å². The first-order valence-electron chi connectivity index (χ1n) is 10.9. The maximum atomic E-state index is 13.3. The van der Waals surface area contributed by atoms with E-state index in [0.717, 1.165) is 19.3 Å². The Morgan fingerprint density at radius 2 is 1.77 bits per heavy atom. The van der Waals surface area contributed by atoms with Gasteiger partial charge in [0.1, 0.15) is 0 Å². The van der Waals surface area contributed by atoms with Crippen LogP contribution >= 0.6 is 0 Å². The van der Waals surface area contributed by atoms with Crippen LogP contribution in [0.25, 0.3) is 10.9 Å². The minimum absolute atomic E-state index is 0.0708. The van der Waals surface area contributed by atoms with Crippen LogP contribution in [0.1, 0.15) is 72.6 Å². The molecule has 2 rings (SSSR count). The highest BCUT2D eigenvalue weighted by molar-refractivity contribution is 5.91. The van der Waals surface area contributed by atoms with Crippen LogP contribution in [0.5, 0.6) is 11.5 Å². The van der Waals surface area contributed by atoms with Crippen molar-refractivity contribution in [2.24, 2.45) is 0 Å². The molecule has 0 aliphatic heterocycles. The number of carbonyl (C=O) groups is 1. The fourth-order valence-corrected chi connectivity index (χ4v) is 3.49. The van der Waals surface area contributed by atoms with Crippen LogP contribution in [-0.4, -0.2) is 10.5 Å². The summed E-state index contributed by atoms with van der Waals surface area (Å²) in [5, 5.41) is 0.693. The van der Waals surface area contributed by atoms with E-state index in [9.17, 15) is 9.59 Å². The molecule has 2 N–H and O–H groups in total. The SMILES string of the molecule is CC=C(CC)Oc1c(OC(C)=O)c(=O)n(CCCCCCCC)c2cc(N)ccc12. The van der Waals surface area contributed by atoms with Crippen molar-refractivity contribution < 1.29 is 14.3 Å². The van der Waals surface area contributed by atoms with E-state index in [2.05, 4.69) is 6.92 Å². The number of ether oxygens (including phenoxy) is 2. The van der Waals surface area contributed by atoms with Crippen LogP contribution in [0.2, 0.25) is 0 Å². The van der Waals surface area contributed by atoms with Crippen molar-refractivity contribution in [2.45, 2.75) is 79.2 Å². The zero-order valence-corrected chi connectivity index (χ0v) is 18.6. The number of carbonyl (C=O) groups excluding carboxylic acids is 1. The summed E-state index contributed by atoms with van der Waals surface area (Å²) in [6, 6.07) is 5.35. The fraction of sp³-hybridized carbons (Fsp3) is 0.500. The lowest BCUT2D eigenvalue weighted by molar-refractivity contribution is -0.132. The normalized spacial score (nSPS) is 11.7.